The minimum Gasteiger partial charge on any atom is -0.376 e. The lowest BCUT2D eigenvalue weighted by Gasteiger charge is -2.39. The van der Waals surface area contributed by atoms with Gasteiger partial charge in [0.15, 0.2) is 0 Å². The molecular weight excluding hydrogens is 300 g/mol. The third-order valence-corrected chi connectivity index (χ3v) is 5.33. The van der Waals surface area contributed by atoms with Crippen LogP contribution in [0.4, 0.5) is 0 Å². The molecule has 0 aromatic carbocycles. The number of allylic oxidation sites excluding steroid dienone is 1. The molecule has 0 saturated carbocycles. The van der Waals surface area contributed by atoms with E-state index in [1.54, 1.807) is 0 Å². The quantitative estimate of drug-likeness (QED) is 0.291. The van der Waals surface area contributed by atoms with Crippen molar-refractivity contribution in [1.29, 1.82) is 0 Å². The second kappa shape index (κ2) is 11.6. The van der Waals surface area contributed by atoms with E-state index in [0.717, 1.165) is 25.8 Å². The maximum Gasteiger partial charge on any atom is 0.0892 e. The summed E-state index contributed by atoms with van der Waals surface area (Å²) >= 11 is 0. The number of hydrazone groups is 1. The van der Waals surface area contributed by atoms with Gasteiger partial charge in [-0.2, -0.15) is 5.10 Å². The van der Waals surface area contributed by atoms with Crippen molar-refractivity contribution in [2.24, 2.45) is 5.10 Å². The molecule has 0 N–H and O–H groups in total. The van der Waals surface area contributed by atoms with Gasteiger partial charge in [-0.05, 0) is 45.4 Å². The zero-order valence-electron chi connectivity index (χ0n) is 16.5. The summed E-state index contributed by atoms with van der Waals surface area (Å²) < 4.78 is 11.6. The fraction of sp³-hybridized carbons (Fsp3) is 0.850. The Hall–Kier alpha value is -0.870. The first-order valence-corrected chi connectivity index (χ1v) is 9.71. The van der Waals surface area contributed by atoms with Gasteiger partial charge in [0, 0.05) is 13.7 Å². The van der Waals surface area contributed by atoms with Gasteiger partial charge in [0.05, 0.1) is 31.1 Å². The molecule has 0 aromatic heterocycles. The van der Waals surface area contributed by atoms with Crippen molar-refractivity contribution >= 4 is 6.21 Å². The van der Waals surface area contributed by atoms with Crippen LogP contribution >= 0.6 is 0 Å². The van der Waals surface area contributed by atoms with Crippen molar-refractivity contribution in [3.05, 3.63) is 11.6 Å². The number of nitrogens with zero attached hydrogens (tertiary/aromatic N) is 2. The summed E-state index contributed by atoms with van der Waals surface area (Å²) in [5.41, 5.74) is 1.34. The van der Waals surface area contributed by atoms with E-state index in [0.29, 0.717) is 19.3 Å². The van der Waals surface area contributed by atoms with Crippen LogP contribution in [0.15, 0.2) is 16.8 Å². The molecule has 1 rings (SSSR count). The maximum absolute atomic E-state index is 5.90. The van der Waals surface area contributed by atoms with Crippen molar-refractivity contribution in [3.63, 3.8) is 0 Å². The highest BCUT2D eigenvalue weighted by Crippen LogP contribution is 2.34. The Balaban J connectivity index is 2.40. The molecule has 0 amide bonds. The fourth-order valence-electron chi connectivity index (χ4n) is 3.59. The Bertz CT molecular complexity index is 381. The van der Waals surface area contributed by atoms with Gasteiger partial charge in [-0.15, -0.1) is 0 Å². The van der Waals surface area contributed by atoms with Crippen LogP contribution in [0.3, 0.4) is 0 Å². The van der Waals surface area contributed by atoms with Gasteiger partial charge < -0.3 is 9.47 Å². The number of hydrogen-bond donors (Lipinski definition) is 0. The average molecular weight is 339 g/mol. The van der Waals surface area contributed by atoms with Gasteiger partial charge in [0.2, 0.25) is 0 Å². The van der Waals surface area contributed by atoms with Crippen LogP contribution in [-0.4, -0.2) is 49.7 Å². The normalized spacial score (nSPS) is 19.6. The zero-order valence-corrected chi connectivity index (χ0v) is 16.5. The van der Waals surface area contributed by atoms with Crippen LogP contribution in [0.1, 0.15) is 72.6 Å². The highest BCUT2D eigenvalue weighted by Gasteiger charge is 2.41. The van der Waals surface area contributed by atoms with Crippen LogP contribution in [0.25, 0.3) is 0 Å². The van der Waals surface area contributed by atoms with E-state index in [9.17, 15) is 0 Å². The Morgan fingerprint density at radius 3 is 2.62 bits per heavy atom. The third-order valence-electron chi connectivity index (χ3n) is 5.33. The molecular formula is C20H38N2O2. The molecule has 0 aromatic rings. The molecule has 24 heavy (non-hydrogen) atoms. The first-order chi connectivity index (χ1) is 11.6. The van der Waals surface area contributed by atoms with E-state index in [4.69, 9.17) is 9.47 Å². The number of ether oxygens (including phenoxy) is 2. The molecule has 4 nitrogen and oxygen atoms in total. The van der Waals surface area contributed by atoms with E-state index < -0.39 is 0 Å². The van der Waals surface area contributed by atoms with Gasteiger partial charge in [0.25, 0.3) is 0 Å². The smallest absolute Gasteiger partial charge is 0.0892 e. The molecule has 0 bridgehead atoms. The van der Waals surface area contributed by atoms with Gasteiger partial charge >= 0.3 is 0 Å². The molecule has 1 heterocycles. The first kappa shape index (κ1) is 21.2. The topological polar surface area (TPSA) is 34.1 Å². The Kier molecular flexibility index (Phi) is 10.3. The molecule has 1 aliphatic heterocycles. The summed E-state index contributed by atoms with van der Waals surface area (Å²) in [6.45, 7) is 11.1. The summed E-state index contributed by atoms with van der Waals surface area (Å²) in [6.07, 6.45) is 12.2. The molecule has 1 saturated heterocycles. The predicted octanol–water partition coefficient (Wildman–Crippen LogP) is 4.79. The second-order valence-electron chi connectivity index (χ2n) is 6.79. The van der Waals surface area contributed by atoms with E-state index in [1.807, 2.05) is 13.3 Å². The molecule has 1 atom stereocenters. The Labute approximate surface area is 149 Å². The molecule has 1 aliphatic rings. The minimum atomic E-state index is -0.0756. The van der Waals surface area contributed by atoms with Gasteiger partial charge in [0.1, 0.15) is 0 Å². The number of rotatable bonds is 12. The second-order valence-corrected chi connectivity index (χ2v) is 6.79. The minimum absolute atomic E-state index is 0.0756. The van der Waals surface area contributed by atoms with Gasteiger partial charge in [-0.3, -0.25) is 5.01 Å². The zero-order chi connectivity index (χ0) is 17.8. The van der Waals surface area contributed by atoms with Crippen molar-refractivity contribution in [3.8, 4) is 0 Å². The molecule has 4 heteroatoms. The van der Waals surface area contributed by atoms with Crippen molar-refractivity contribution in [2.45, 2.75) is 84.3 Å². The Morgan fingerprint density at radius 2 is 2.00 bits per heavy atom. The summed E-state index contributed by atoms with van der Waals surface area (Å²) in [7, 11) is 1.84. The summed E-state index contributed by atoms with van der Waals surface area (Å²) in [6, 6.07) is 0.380. The summed E-state index contributed by atoms with van der Waals surface area (Å²) in [5.74, 6) is 0. The highest BCUT2D eigenvalue weighted by atomic mass is 16.5. The van der Waals surface area contributed by atoms with E-state index >= 15 is 0 Å². The highest BCUT2D eigenvalue weighted by molar-refractivity contribution is 5.58. The number of hydrogen-bond acceptors (Lipinski definition) is 4. The molecule has 0 aliphatic carbocycles. The lowest BCUT2D eigenvalue weighted by molar-refractivity contribution is -0.0731. The van der Waals surface area contributed by atoms with Gasteiger partial charge in [-0.25, -0.2) is 0 Å². The fourth-order valence-corrected chi connectivity index (χ4v) is 3.59. The first-order valence-electron chi connectivity index (χ1n) is 9.71. The van der Waals surface area contributed by atoms with Crippen LogP contribution in [0.2, 0.25) is 0 Å². The number of unbranched alkanes of at least 4 members (excludes halogenated alkanes) is 1. The van der Waals surface area contributed by atoms with Crippen molar-refractivity contribution < 1.29 is 9.47 Å². The monoisotopic (exact) mass is 338 g/mol. The van der Waals surface area contributed by atoms with Crippen LogP contribution in [-0.2, 0) is 9.47 Å². The third kappa shape index (κ3) is 6.21. The average Bonchev–Trinajstić information content (AvgIpc) is 3.07. The van der Waals surface area contributed by atoms with Gasteiger partial charge in [-0.1, -0.05) is 38.8 Å². The van der Waals surface area contributed by atoms with Crippen LogP contribution in [0, 0.1) is 0 Å². The predicted molar refractivity (Wildman–Crippen MR) is 103 cm³/mol. The molecule has 0 radical (unpaired) electrons. The molecule has 1 fully saturated rings. The molecule has 140 valence electrons. The van der Waals surface area contributed by atoms with Crippen LogP contribution in [0.5, 0.6) is 0 Å². The molecule has 0 spiro atoms. The lowest BCUT2D eigenvalue weighted by Crippen LogP contribution is -2.48. The largest absolute Gasteiger partial charge is 0.376 e. The number of methoxy groups -OCH3 is 1. The van der Waals surface area contributed by atoms with E-state index in [1.165, 1.54) is 31.3 Å². The summed E-state index contributed by atoms with van der Waals surface area (Å²) in [5, 5.41) is 6.87. The SMILES string of the molecule is CCCC/C(C)=C/COC/C=N/N1CCC[C@H]1C(CC)(CC)OC. The maximum atomic E-state index is 5.90. The summed E-state index contributed by atoms with van der Waals surface area (Å²) in [4.78, 5) is 0. The van der Waals surface area contributed by atoms with E-state index in [-0.39, 0.29) is 5.60 Å². The molecule has 0 unspecified atom stereocenters. The standard InChI is InChI=1S/C20H38N2O2/c1-6-9-11-18(4)13-16-24-17-14-21-22-15-10-12-19(22)20(7-2,8-3)23-5/h13-14,19H,6-12,15-17H2,1-5H3/b18-13+,21-14+/t19-/m0/s1. The van der Waals surface area contributed by atoms with Crippen molar-refractivity contribution in [1.82, 2.24) is 5.01 Å². The van der Waals surface area contributed by atoms with Crippen LogP contribution < -0.4 is 0 Å². The van der Waals surface area contributed by atoms with Crippen molar-refractivity contribution in [2.75, 3.05) is 26.9 Å². The lowest BCUT2D eigenvalue weighted by atomic mass is 9.87. The van der Waals surface area contributed by atoms with E-state index in [2.05, 4.69) is 43.9 Å². The Morgan fingerprint density at radius 1 is 1.25 bits per heavy atom.